The number of nitrogens with one attached hydrogen (secondary N) is 1. The molecule has 2 aromatic rings. The maximum absolute atomic E-state index is 12.7. The second kappa shape index (κ2) is 6.68. The molecule has 2 aliphatic rings. The van der Waals surface area contributed by atoms with Gasteiger partial charge in [-0.15, -0.1) is 0 Å². The van der Waals surface area contributed by atoms with Crippen LogP contribution in [0.15, 0.2) is 18.6 Å². The predicted octanol–water partition coefficient (Wildman–Crippen LogP) is 1.03. The third kappa shape index (κ3) is 2.74. The summed E-state index contributed by atoms with van der Waals surface area (Å²) in [5, 5.41) is 0. The van der Waals surface area contributed by atoms with Gasteiger partial charge in [0.15, 0.2) is 0 Å². The summed E-state index contributed by atoms with van der Waals surface area (Å²) in [5.41, 5.74) is 2.74. The molecule has 8 heteroatoms. The zero-order valence-electron chi connectivity index (χ0n) is 15.2. The van der Waals surface area contributed by atoms with E-state index in [-0.39, 0.29) is 18.1 Å². The number of methoxy groups -OCH3 is 1. The summed E-state index contributed by atoms with van der Waals surface area (Å²) in [7, 11) is 1.56. The van der Waals surface area contributed by atoms with Crippen molar-refractivity contribution in [3.8, 4) is 0 Å². The Morgan fingerprint density at radius 1 is 1.31 bits per heavy atom. The molecule has 1 fully saturated rings. The number of ether oxygens (including phenoxy) is 1. The standard InChI is InChI=1S/C18H24N6O2/c1-13-3-7-19-17(22-13)23-9-5-18(6-10-23)16-14(20-12-21-16)4-8-24(18)15(25)11-26-2/h3,7,12H,4-6,8-11H2,1-2H3,(H,20,21). The van der Waals surface area contributed by atoms with Crippen LogP contribution < -0.4 is 4.90 Å². The molecule has 4 heterocycles. The Labute approximate surface area is 152 Å². The highest BCUT2D eigenvalue weighted by molar-refractivity contribution is 5.79. The van der Waals surface area contributed by atoms with E-state index in [1.165, 1.54) is 0 Å². The van der Waals surface area contributed by atoms with Gasteiger partial charge in [-0.05, 0) is 25.8 Å². The fourth-order valence-electron chi connectivity index (χ4n) is 4.21. The fraction of sp³-hybridized carbons (Fsp3) is 0.556. The van der Waals surface area contributed by atoms with E-state index in [0.717, 1.165) is 55.4 Å². The zero-order chi connectivity index (χ0) is 18.1. The summed E-state index contributed by atoms with van der Waals surface area (Å²) >= 11 is 0. The summed E-state index contributed by atoms with van der Waals surface area (Å²) in [6.07, 6.45) is 5.95. The lowest BCUT2D eigenvalue weighted by Crippen LogP contribution is -2.59. The van der Waals surface area contributed by atoms with Crippen LogP contribution in [0.5, 0.6) is 0 Å². The van der Waals surface area contributed by atoms with Crippen LogP contribution >= 0.6 is 0 Å². The van der Waals surface area contributed by atoms with Crippen molar-refractivity contribution >= 4 is 11.9 Å². The quantitative estimate of drug-likeness (QED) is 0.884. The predicted molar refractivity (Wildman–Crippen MR) is 95.8 cm³/mol. The minimum absolute atomic E-state index is 0.0291. The molecule has 0 unspecified atom stereocenters. The number of anilines is 1. The van der Waals surface area contributed by atoms with Gasteiger partial charge in [-0.1, -0.05) is 0 Å². The van der Waals surface area contributed by atoms with Gasteiger partial charge in [-0.2, -0.15) is 0 Å². The topological polar surface area (TPSA) is 87.2 Å². The summed E-state index contributed by atoms with van der Waals surface area (Å²) in [6.45, 7) is 4.34. The van der Waals surface area contributed by atoms with Crippen molar-refractivity contribution in [1.29, 1.82) is 0 Å². The number of hydrogen-bond donors (Lipinski definition) is 1. The van der Waals surface area contributed by atoms with E-state index in [1.54, 1.807) is 19.6 Å². The number of hydrogen-bond acceptors (Lipinski definition) is 6. The number of aromatic amines is 1. The molecule has 1 N–H and O–H groups in total. The van der Waals surface area contributed by atoms with Crippen LogP contribution in [-0.4, -0.2) is 64.1 Å². The van der Waals surface area contributed by atoms with Gasteiger partial charge < -0.3 is 19.5 Å². The molecule has 138 valence electrons. The third-order valence-corrected chi connectivity index (χ3v) is 5.49. The summed E-state index contributed by atoms with van der Waals surface area (Å²) in [5.74, 6) is 0.786. The lowest BCUT2D eigenvalue weighted by molar-refractivity contribution is -0.144. The second-order valence-electron chi connectivity index (χ2n) is 6.97. The van der Waals surface area contributed by atoms with Crippen LogP contribution in [-0.2, 0) is 21.5 Å². The van der Waals surface area contributed by atoms with Crippen LogP contribution in [0.25, 0.3) is 0 Å². The monoisotopic (exact) mass is 356 g/mol. The van der Waals surface area contributed by atoms with E-state index >= 15 is 0 Å². The second-order valence-corrected chi connectivity index (χ2v) is 6.97. The summed E-state index contributed by atoms with van der Waals surface area (Å²) in [6, 6.07) is 1.90. The van der Waals surface area contributed by atoms with Crippen molar-refractivity contribution in [2.75, 3.05) is 38.3 Å². The van der Waals surface area contributed by atoms with Gasteiger partial charge in [-0.25, -0.2) is 15.0 Å². The first-order chi connectivity index (χ1) is 12.6. The number of rotatable bonds is 3. The lowest BCUT2D eigenvalue weighted by atomic mass is 9.78. The number of nitrogens with zero attached hydrogens (tertiary/aromatic N) is 5. The van der Waals surface area contributed by atoms with Crippen LogP contribution in [0.2, 0.25) is 0 Å². The number of aromatic nitrogens is 4. The van der Waals surface area contributed by atoms with Crippen LogP contribution in [0.4, 0.5) is 5.95 Å². The van der Waals surface area contributed by atoms with E-state index in [0.29, 0.717) is 6.54 Å². The maximum atomic E-state index is 12.7. The van der Waals surface area contributed by atoms with Gasteiger partial charge in [0, 0.05) is 50.7 Å². The number of carbonyl (C=O) groups is 1. The molecular weight excluding hydrogens is 332 g/mol. The number of imidazole rings is 1. The Hall–Kier alpha value is -2.48. The van der Waals surface area contributed by atoms with Gasteiger partial charge in [0.1, 0.15) is 6.61 Å². The first-order valence-electron chi connectivity index (χ1n) is 9.01. The van der Waals surface area contributed by atoms with Crippen LogP contribution in [0, 0.1) is 6.92 Å². The molecule has 8 nitrogen and oxygen atoms in total. The van der Waals surface area contributed by atoms with Gasteiger partial charge in [0.25, 0.3) is 0 Å². The number of aryl methyl sites for hydroxylation is 1. The van der Waals surface area contributed by atoms with Crippen molar-refractivity contribution in [3.63, 3.8) is 0 Å². The minimum atomic E-state index is -0.372. The summed E-state index contributed by atoms with van der Waals surface area (Å²) in [4.78, 5) is 33.7. The Morgan fingerprint density at radius 3 is 2.85 bits per heavy atom. The SMILES string of the molecule is COCC(=O)N1CCc2[nH]cnc2C12CCN(c1nccc(C)n1)CC2. The normalized spacial score (nSPS) is 18.8. The molecule has 0 radical (unpaired) electrons. The average molecular weight is 356 g/mol. The molecule has 2 aliphatic heterocycles. The number of piperidine rings is 1. The Morgan fingerprint density at radius 2 is 2.12 bits per heavy atom. The molecule has 1 spiro atoms. The summed E-state index contributed by atoms with van der Waals surface area (Å²) < 4.78 is 5.11. The van der Waals surface area contributed by atoms with Crippen molar-refractivity contribution in [3.05, 3.63) is 35.7 Å². The first-order valence-corrected chi connectivity index (χ1v) is 9.01. The van der Waals surface area contributed by atoms with E-state index in [1.807, 2.05) is 17.9 Å². The highest BCUT2D eigenvalue weighted by atomic mass is 16.5. The van der Waals surface area contributed by atoms with Crippen molar-refractivity contribution < 1.29 is 9.53 Å². The smallest absolute Gasteiger partial charge is 0.249 e. The highest BCUT2D eigenvalue weighted by Gasteiger charge is 2.48. The van der Waals surface area contributed by atoms with Crippen LogP contribution in [0.1, 0.15) is 29.9 Å². The Bertz CT molecular complexity index is 796. The van der Waals surface area contributed by atoms with Crippen molar-refractivity contribution in [2.45, 2.75) is 31.7 Å². The molecule has 0 aromatic carbocycles. The molecule has 0 saturated carbocycles. The number of amides is 1. The molecule has 26 heavy (non-hydrogen) atoms. The highest BCUT2D eigenvalue weighted by Crippen LogP contribution is 2.42. The molecule has 2 aromatic heterocycles. The third-order valence-electron chi connectivity index (χ3n) is 5.49. The van der Waals surface area contributed by atoms with Crippen LogP contribution in [0.3, 0.4) is 0 Å². The van der Waals surface area contributed by atoms with E-state index in [2.05, 4.69) is 24.8 Å². The van der Waals surface area contributed by atoms with Gasteiger partial charge >= 0.3 is 0 Å². The van der Waals surface area contributed by atoms with Gasteiger partial charge in [-0.3, -0.25) is 4.79 Å². The zero-order valence-corrected chi connectivity index (χ0v) is 15.2. The van der Waals surface area contributed by atoms with Crippen molar-refractivity contribution in [1.82, 2.24) is 24.8 Å². The van der Waals surface area contributed by atoms with Gasteiger partial charge in [0.2, 0.25) is 11.9 Å². The largest absolute Gasteiger partial charge is 0.375 e. The Balaban J connectivity index is 1.62. The van der Waals surface area contributed by atoms with Gasteiger partial charge in [0.05, 0.1) is 17.6 Å². The molecule has 0 aliphatic carbocycles. The van der Waals surface area contributed by atoms with E-state index < -0.39 is 0 Å². The molecule has 1 saturated heterocycles. The fourth-order valence-corrected chi connectivity index (χ4v) is 4.21. The Kier molecular flexibility index (Phi) is 4.36. The molecule has 4 rings (SSSR count). The number of H-pyrrole nitrogens is 1. The van der Waals surface area contributed by atoms with Crippen molar-refractivity contribution in [2.24, 2.45) is 0 Å². The number of fused-ring (bicyclic) bond motifs is 2. The first kappa shape index (κ1) is 17.0. The van der Waals surface area contributed by atoms with E-state index in [9.17, 15) is 4.79 Å². The molecule has 0 atom stereocenters. The number of carbonyl (C=O) groups excluding carboxylic acids is 1. The lowest BCUT2D eigenvalue weighted by Gasteiger charge is -2.50. The van der Waals surface area contributed by atoms with E-state index in [4.69, 9.17) is 4.74 Å². The maximum Gasteiger partial charge on any atom is 0.249 e. The minimum Gasteiger partial charge on any atom is -0.375 e. The molecule has 1 amide bonds. The molecule has 0 bridgehead atoms. The molecular formula is C18H24N6O2. The average Bonchev–Trinajstić information content (AvgIpc) is 3.13.